The van der Waals surface area contributed by atoms with E-state index in [-0.39, 0.29) is 11.9 Å². The largest absolute Gasteiger partial charge is 0.307 e. The highest BCUT2D eigenvalue weighted by atomic mass is 19.1. The van der Waals surface area contributed by atoms with Crippen molar-refractivity contribution in [1.82, 2.24) is 5.32 Å². The topological polar surface area (TPSA) is 12.0 Å². The second-order valence-corrected chi connectivity index (χ2v) is 5.71. The lowest BCUT2D eigenvalue weighted by Gasteiger charge is -2.23. The average molecular weight is 285 g/mol. The molecule has 0 saturated heterocycles. The monoisotopic (exact) mass is 285 g/mol. The molecule has 2 aromatic carbocycles. The van der Waals surface area contributed by atoms with Gasteiger partial charge in [0.2, 0.25) is 0 Å². The van der Waals surface area contributed by atoms with Crippen molar-refractivity contribution in [2.45, 2.75) is 45.7 Å². The highest BCUT2D eigenvalue weighted by Gasteiger charge is 2.14. The van der Waals surface area contributed by atoms with E-state index in [1.54, 1.807) is 12.1 Å². The molecule has 1 nitrogen and oxygen atoms in total. The number of aryl methyl sites for hydroxylation is 1. The Morgan fingerprint density at radius 1 is 1.10 bits per heavy atom. The Bertz CT molecular complexity index is 579. The van der Waals surface area contributed by atoms with E-state index in [1.165, 1.54) is 17.2 Å². The summed E-state index contributed by atoms with van der Waals surface area (Å²) in [5, 5.41) is 3.62. The lowest BCUT2D eigenvalue weighted by atomic mass is 9.99. The van der Waals surface area contributed by atoms with Crippen LogP contribution in [0, 0.1) is 12.7 Å². The summed E-state index contributed by atoms with van der Waals surface area (Å²) in [4.78, 5) is 0. The van der Waals surface area contributed by atoms with Crippen LogP contribution in [0.5, 0.6) is 0 Å². The number of halogens is 1. The van der Waals surface area contributed by atoms with E-state index in [2.05, 4.69) is 50.4 Å². The van der Waals surface area contributed by atoms with Crippen molar-refractivity contribution in [2.75, 3.05) is 0 Å². The molecule has 0 saturated carbocycles. The summed E-state index contributed by atoms with van der Waals surface area (Å²) in [7, 11) is 0. The molecular weight excluding hydrogens is 261 g/mol. The number of benzene rings is 2. The Morgan fingerprint density at radius 2 is 1.86 bits per heavy atom. The number of nitrogens with one attached hydrogen (secondary N) is 1. The van der Waals surface area contributed by atoms with Crippen LogP contribution in [0.15, 0.2) is 48.5 Å². The quantitative estimate of drug-likeness (QED) is 0.803. The summed E-state index contributed by atoms with van der Waals surface area (Å²) in [6.07, 6.45) is 1.93. The first kappa shape index (κ1) is 15.7. The fraction of sp³-hybridized carbons (Fsp3) is 0.368. The first-order valence-electron chi connectivity index (χ1n) is 7.66. The Morgan fingerprint density at radius 3 is 2.52 bits per heavy atom. The van der Waals surface area contributed by atoms with Crippen molar-refractivity contribution in [2.24, 2.45) is 0 Å². The van der Waals surface area contributed by atoms with Crippen molar-refractivity contribution >= 4 is 0 Å². The summed E-state index contributed by atoms with van der Waals surface area (Å²) in [5.74, 6) is -0.167. The first-order valence-corrected chi connectivity index (χ1v) is 7.66. The minimum Gasteiger partial charge on any atom is -0.307 e. The van der Waals surface area contributed by atoms with Gasteiger partial charge < -0.3 is 5.32 Å². The summed E-state index contributed by atoms with van der Waals surface area (Å²) in [5.41, 5.74) is 3.71. The highest BCUT2D eigenvalue weighted by Crippen LogP contribution is 2.19. The van der Waals surface area contributed by atoms with Crippen LogP contribution in [0.4, 0.5) is 4.39 Å². The van der Waals surface area contributed by atoms with Crippen LogP contribution in [0.3, 0.4) is 0 Å². The smallest absolute Gasteiger partial charge is 0.123 e. The predicted molar refractivity (Wildman–Crippen MR) is 86.9 cm³/mol. The molecule has 2 aromatic rings. The van der Waals surface area contributed by atoms with Crippen LogP contribution in [0.2, 0.25) is 0 Å². The Kier molecular flexibility index (Phi) is 5.51. The van der Waals surface area contributed by atoms with Crippen molar-refractivity contribution < 1.29 is 4.39 Å². The van der Waals surface area contributed by atoms with Gasteiger partial charge in [0.05, 0.1) is 0 Å². The van der Waals surface area contributed by atoms with E-state index < -0.39 is 0 Å². The third kappa shape index (κ3) is 4.40. The molecule has 2 heteroatoms. The van der Waals surface area contributed by atoms with Crippen molar-refractivity contribution in [3.8, 4) is 0 Å². The van der Waals surface area contributed by atoms with Gasteiger partial charge in [-0.2, -0.15) is 0 Å². The molecule has 2 atom stereocenters. The molecule has 0 aliphatic heterocycles. The van der Waals surface area contributed by atoms with E-state index in [4.69, 9.17) is 0 Å². The van der Waals surface area contributed by atoms with Gasteiger partial charge in [0, 0.05) is 12.1 Å². The van der Waals surface area contributed by atoms with E-state index in [0.29, 0.717) is 6.04 Å². The second-order valence-electron chi connectivity index (χ2n) is 5.71. The minimum atomic E-state index is -0.167. The number of hydrogen-bond donors (Lipinski definition) is 1. The van der Waals surface area contributed by atoms with Gasteiger partial charge in [-0.3, -0.25) is 0 Å². The van der Waals surface area contributed by atoms with Gasteiger partial charge in [0.1, 0.15) is 5.82 Å². The standard InChI is InChI=1S/C19H24FN/c1-4-19(17-10-7-11-18(20)13-17)21-15(3)12-16-9-6-5-8-14(16)2/h5-11,13,15,19,21H,4,12H2,1-3H3. The van der Waals surface area contributed by atoms with Gasteiger partial charge in [-0.05, 0) is 55.5 Å². The Labute approximate surface area is 127 Å². The summed E-state index contributed by atoms with van der Waals surface area (Å²) in [6, 6.07) is 15.9. The highest BCUT2D eigenvalue weighted by molar-refractivity contribution is 5.26. The van der Waals surface area contributed by atoms with Crippen molar-refractivity contribution in [3.63, 3.8) is 0 Å². The SMILES string of the molecule is CCC(NC(C)Cc1ccccc1C)c1cccc(F)c1. The number of rotatable bonds is 6. The van der Waals surface area contributed by atoms with Crippen molar-refractivity contribution in [3.05, 3.63) is 71.0 Å². The van der Waals surface area contributed by atoms with Gasteiger partial charge in [-0.1, -0.05) is 43.3 Å². The van der Waals surface area contributed by atoms with Crippen LogP contribution >= 0.6 is 0 Å². The Balaban J connectivity index is 2.03. The second kappa shape index (κ2) is 7.37. The molecule has 0 heterocycles. The zero-order valence-corrected chi connectivity index (χ0v) is 13.1. The van der Waals surface area contributed by atoms with Gasteiger partial charge in [-0.25, -0.2) is 4.39 Å². The van der Waals surface area contributed by atoms with Gasteiger partial charge in [0.15, 0.2) is 0 Å². The molecule has 0 spiro atoms. The zero-order valence-electron chi connectivity index (χ0n) is 13.1. The van der Waals surface area contributed by atoms with E-state index in [0.717, 1.165) is 18.4 Å². The Hall–Kier alpha value is -1.67. The third-order valence-electron chi connectivity index (χ3n) is 3.93. The predicted octanol–water partition coefficient (Wildman–Crippen LogP) is 4.81. The normalized spacial score (nSPS) is 13.9. The van der Waals surface area contributed by atoms with Crippen LogP contribution in [-0.4, -0.2) is 6.04 Å². The molecule has 0 bridgehead atoms. The van der Waals surface area contributed by atoms with E-state index >= 15 is 0 Å². The molecular formula is C19H24FN. The summed E-state index contributed by atoms with van der Waals surface area (Å²) < 4.78 is 13.4. The average Bonchev–Trinajstić information content (AvgIpc) is 2.47. The molecule has 2 rings (SSSR count). The van der Waals surface area contributed by atoms with Crippen LogP contribution < -0.4 is 5.32 Å². The molecule has 2 unspecified atom stereocenters. The molecule has 0 aliphatic carbocycles. The van der Waals surface area contributed by atoms with Crippen LogP contribution in [-0.2, 0) is 6.42 Å². The van der Waals surface area contributed by atoms with Crippen molar-refractivity contribution in [1.29, 1.82) is 0 Å². The van der Waals surface area contributed by atoms with Crippen LogP contribution in [0.1, 0.15) is 43.0 Å². The molecule has 0 fully saturated rings. The summed E-state index contributed by atoms with van der Waals surface area (Å²) in [6.45, 7) is 6.46. The fourth-order valence-corrected chi connectivity index (χ4v) is 2.74. The fourth-order valence-electron chi connectivity index (χ4n) is 2.74. The number of hydrogen-bond acceptors (Lipinski definition) is 1. The molecule has 0 aliphatic rings. The van der Waals surface area contributed by atoms with Gasteiger partial charge >= 0.3 is 0 Å². The minimum absolute atomic E-state index is 0.167. The molecule has 0 radical (unpaired) electrons. The zero-order chi connectivity index (χ0) is 15.2. The van der Waals surface area contributed by atoms with Gasteiger partial charge in [0.25, 0.3) is 0 Å². The molecule has 0 aromatic heterocycles. The molecule has 21 heavy (non-hydrogen) atoms. The van der Waals surface area contributed by atoms with E-state index in [1.807, 2.05) is 6.07 Å². The maximum Gasteiger partial charge on any atom is 0.123 e. The maximum absolute atomic E-state index is 13.4. The lowest BCUT2D eigenvalue weighted by molar-refractivity contribution is 0.441. The van der Waals surface area contributed by atoms with E-state index in [9.17, 15) is 4.39 Å². The van der Waals surface area contributed by atoms with Crippen LogP contribution in [0.25, 0.3) is 0 Å². The first-order chi connectivity index (χ1) is 10.1. The molecule has 0 amide bonds. The van der Waals surface area contributed by atoms with Gasteiger partial charge in [-0.15, -0.1) is 0 Å². The lowest BCUT2D eigenvalue weighted by Crippen LogP contribution is -2.32. The molecule has 1 N–H and O–H groups in total. The summed E-state index contributed by atoms with van der Waals surface area (Å²) >= 11 is 0. The third-order valence-corrected chi connectivity index (χ3v) is 3.93. The maximum atomic E-state index is 13.4. The molecule has 112 valence electrons.